The van der Waals surface area contributed by atoms with E-state index in [1.807, 2.05) is 61.2 Å². The van der Waals surface area contributed by atoms with Gasteiger partial charge < -0.3 is 0 Å². The standard InChI is InChI=1S/C26H27N5/c1-20(2)21-12-16-30-25(17-21)26(24-11-5-8-15-29-24)31(18-22-9-3-6-13-27-22)19-23-10-4-7-14-28-23/h3-17,20,26H,18-19H2,1-2H3. The summed E-state index contributed by atoms with van der Waals surface area (Å²) >= 11 is 0. The van der Waals surface area contributed by atoms with Gasteiger partial charge in [-0.3, -0.25) is 24.8 Å². The van der Waals surface area contributed by atoms with E-state index in [0.717, 1.165) is 22.8 Å². The van der Waals surface area contributed by atoms with E-state index in [9.17, 15) is 0 Å². The van der Waals surface area contributed by atoms with Crippen molar-refractivity contribution in [1.82, 2.24) is 24.8 Å². The van der Waals surface area contributed by atoms with Crippen molar-refractivity contribution < 1.29 is 0 Å². The van der Waals surface area contributed by atoms with Crippen molar-refractivity contribution in [1.29, 1.82) is 0 Å². The highest BCUT2D eigenvalue weighted by molar-refractivity contribution is 5.28. The van der Waals surface area contributed by atoms with Gasteiger partial charge in [0.25, 0.3) is 0 Å². The molecule has 0 radical (unpaired) electrons. The molecule has 1 atom stereocenters. The van der Waals surface area contributed by atoms with Crippen LogP contribution in [-0.4, -0.2) is 24.8 Å². The first kappa shape index (κ1) is 20.8. The van der Waals surface area contributed by atoms with Crippen molar-refractivity contribution in [2.75, 3.05) is 0 Å². The highest BCUT2D eigenvalue weighted by Gasteiger charge is 2.26. The number of hydrogen-bond acceptors (Lipinski definition) is 5. The van der Waals surface area contributed by atoms with E-state index in [1.165, 1.54) is 5.56 Å². The van der Waals surface area contributed by atoms with E-state index in [1.54, 1.807) is 0 Å². The number of hydrogen-bond donors (Lipinski definition) is 0. The van der Waals surface area contributed by atoms with Crippen LogP contribution >= 0.6 is 0 Å². The van der Waals surface area contributed by atoms with Crippen LogP contribution in [0.25, 0.3) is 0 Å². The molecule has 4 aromatic heterocycles. The second-order valence-electron chi connectivity index (χ2n) is 7.87. The van der Waals surface area contributed by atoms with Crippen molar-refractivity contribution in [3.8, 4) is 0 Å². The second-order valence-corrected chi connectivity index (χ2v) is 7.87. The van der Waals surface area contributed by atoms with Gasteiger partial charge in [-0.05, 0) is 60.0 Å². The third-order valence-electron chi connectivity index (χ3n) is 5.27. The van der Waals surface area contributed by atoms with Gasteiger partial charge in [0.15, 0.2) is 0 Å². The minimum atomic E-state index is -0.121. The Kier molecular flexibility index (Phi) is 6.75. The Morgan fingerprint density at radius 3 is 1.74 bits per heavy atom. The van der Waals surface area contributed by atoms with Gasteiger partial charge in [0.05, 0.1) is 28.8 Å². The zero-order valence-electron chi connectivity index (χ0n) is 18.0. The fourth-order valence-electron chi connectivity index (χ4n) is 3.68. The monoisotopic (exact) mass is 409 g/mol. The fourth-order valence-corrected chi connectivity index (χ4v) is 3.68. The molecule has 0 saturated heterocycles. The molecule has 0 aliphatic rings. The summed E-state index contributed by atoms with van der Waals surface area (Å²) in [7, 11) is 0. The maximum absolute atomic E-state index is 4.78. The number of pyridine rings is 4. The van der Waals surface area contributed by atoms with Crippen LogP contribution in [0.1, 0.15) is 54.1 Å². The molecule has 0 fully saturated rings. The largest absolute Gasteiger partial charge is 0.278 e. The Morgan fingerprint density at radius 2 is 1.23 bits per heavy atom. The van der Waals surface area contributed by atoms with Crippen molar-refractivity contribution >= 4 is 0 Å². The Labute approximate surface area is 183 Å². The van der Waals surface area contributed by atoms with Gasteiger partial charge in [0.1, 0.15) is 0 Å². The summed E-state index contributed by atoms with van der Waals surface area (Å²) < 4.78 is 0. The molecule has 4 heterocycles. The Bertz CT molecular complexity index is 1030. The van der Waals surface area contributed by atoms with Gasteiger partial charge in [0, 0.05) is 37.9 Å². The molecule has 31 heavy (non-hydrogen) atoms. The predicted molar refractivity (Wildman–Crippen MR) is 122 cm³/mol. The smallest absolute Gasteiger partial charge is 0.0956 e. The normalized spacial score (nSPS) is 12.3. The van der Waals surface area contributed by atoms with Crippen LogP contribution in [0.3, 0.4) is 0 Å². The number of rotatable bonds is 8. The van der Waals surface area contributed by atoms with Crippen molar-refractivity contribution in [3.63, 3.8) is 0 Å². The first-order valence-electron chi connectivity index (χ1n) is 10.6. The fraction of sp³-hybridized carbons (Fsp3) is 0.231. The molecule has 0 bridgehead atoms. The highest BCUT2D eigenvalue weighted by atomic mass is 15.2. The van der Waals surface area contributed by atoms with Crippen molar-refractivity contribution in [2.24, 2.45) is 0 Å². The van der Waals surface area contributed by atoms with E-state index in [2.05, 4.69) is 59.0 Å². The van der Waals surface area contributed by atoms with E-state index in [-0.39, 0.29) is 6.04 Å². The van der Waals surface area contributed by atoms with Crippen LogP contribution in [0.2, 0.25) is 0 Å². The van der Waals surface area contributed by atoms with Crippen LogP contribution in [0.15, 0.2) is 91.5 Å². The molecule has 4 rings (SSSR count). The summed E-state index contributed by atoms with van der Waals surface area (Å²) in [5, 5.41) is 0. The zero-order valence-corrected chi connectivity index (χ0v) is 18.0. The average molecular weight is 410 g/mol. The average Bonchev–Trinajstić information content (AvgIpc) is 2.81. The Morgan fingerprint density at radius 1 is 0.645 bits per heavy atom. The SMILES string of the molecule is CC(C)c1ccnc(C(c2ccccn2)N(Cc2ccccn2)Cc2ccccn2)c1. The van der Waals surface area contributed by atoms with Crippen LogP contribution in [-0.2, 0) is 13.1 Å². The summed E-state index contributed by atoms with van der Waals surface area (Å²) in [4.78, 5) is 21.0. The Hall–Kier alpha value is -3.44. The van der Waals surface area contributed by atoms with Crippen molar-refractivity contribution in [2.45, 2.75) is 38.9 Å². The van der Waals surface area contributed by atoms with Gasteiger partial charge in [-0.15, -0.1) is 0 Å². The number of nitrogens with zero attached hydrogens (tertiary/aromatic N) is 5. The molecule has 1 unspecified atom stereocenters. The quantitative estimate of drug-likeness (QED) is 0.401. The van der Waals surface area contributed by atoms with Crippen molar-refractivity contribution in [3.05, 3.63) is 120 Å². The van der Waals surface area contributed by atoms with Crippen LogP contribution in [0.5, 0.6) is 0 Å². The van der Waals surface area contributed by atoms with Gasteiger partial charge in [-0.2, -0.15) is 0 Å². The van der Waals surface area contributed by atoms with Crippen LogP contribution < -0.4 is 0 Å². The van der Waals surface area contributed by atoms with E-state index in [4.69, 9.17) is 9.97 Å². The summed E-state index contributed by atoms with van der Waals surface area (Å²) in [5.74, 6) is 0.422. The molecule has 0 aromatic carbocycles. The van der Waals surface area contributed by atoms with Gasteiger partial charge in [-0.1, -0.05) is 32.0 Å². The molecule has 0 aliphatic carbocycles. The third-order valence-corrected chi connectivity index (χ3v) is 5.27. The lowest BCUT2D eigenvalue weighted by atomic mass is 9.99. The minimum Gasteiger partial charge on any atom is -0.278 e. The molecule has 0 N–H and O–H groups in total. The summed E-state index contributed by atoms with van der Waals surface area (Å²) in [6, 6.07) is 22.2. The van der Waals surface area contributed by atoms with Crippen LogP contribution in [0.4, 0.5) is 0 Å². The topological polar surface area (TPSA) is 54.8 Å². The van der Waals surface area contributed by atoms with Gasteiger partial charge in [-0.25, -0.2) is 0 Å². The lowest BCUT2D eigenvalue weighted by Gasteiger charge is -2.31. The van der Waals surface area contributed by atoms with E-state index in [0.29, 0.717) is 19.0 Å². The van der Waals surface area contributed by atoms with Crippen LogP contribution in [0, 0.1) is 0 Å². The highest BCUT2D eigenvalue weighted by Crippen LogP contribution is 2.30. The summed E-state index contributed by atoms with van der Waals surface area (Å²) in [5.41, 5.74) is 5.21. The lowest BCUT2D eigenvalue weighted by molar-refractivity contribution is 0.195. The van der Waals surface area contributed by atoms with Gasteiger partial charge >= 0.3 is 0 Å². The first-order valence-corrected chi connectivity index (χ1v) is 10.6. The Balaban J connectivity index is 1.79. The minimum absolute atomic E-state index is 0.121. The maximum atomic E-state index is 4.78. The molecule has 156 valence electrons. The summed E-state index contributed by atoms with van der Waals surface area (Å²) in [6.07, 6.45) is 7.41. The number of aromatic nitrogens is 4. The maximum Gasteiger partial charge on any atom is 0.0956 e. The van der Waals surface area contributed by atoms with Gasteiger partial charge in [0.2, 0.25) is 0 Å². The van der Waals surface area contributed by atoms with E-state index < -0.39 is 0 Å². The molecule has 0 spiro atoms. The first-order chi connectivity index (χ1) is 15.2. The molecular weight excluding hydrogens is 382 g/mol. The van der Waals surface area contributed by atoms with E-state index >= 15 is 0 Å². The lowest BCUT2D eigenvalue weighted by Crippen LogP contribution is -2.31. The second kappa shape index (κ2) is 10.0. The molecule has 4 aromatic rings. The summed E-state index contributed by atoms with van der Waals surface area (Å²) in [6.45, 7) is 5.72. The molecular formula is C26H27N5. The molecule has 0 saturated carbocycles. The molecule has 0 amide bonds. The predicted octanol–water partition coefficient (Wildman–Crippen LogP) is 5.18. The molecule has 0 aliphatic heterocycles. The molecule has 5 heteroatoms. The molecule has 5 nitrogen and oxygen atoms in total. The zero-order chi connectivity index (χ0) is 21.5. The third kappa shape index (κ3) is 5.38.